The highest BCUT2D eigenvalue weighted by molar-refractivity contribution is 5.77. The summed E-state index contributed by atoms with van der Waals surface area (Å²) in [4.78, 5) is 62.5. The third kappa shape index (κ3) is 7.61. The molecule has 8 nitrogen and oxygen atoms in total. The Labute approximate surface area is 239 Å². The van der Waals surface area contributed by atoms with Crippen molar-refractivity contribution in [1.29, 1.82) is 0 Å². The number of ether oxygens (including phenoxy) is 3. The maximum Gasteiger partial charge on any atom is 0.308 e. The van der Waals surface area contributed by atoms with Crippen LogP contribution < -0.4 is 0 Å². The van der Waals surface area contributed by atoms with Gasteiger partial charge in [0.2, 0.25) is 0 Å². The minimum absolute atomic E-state index is 0.00776. The standard InChI is InChI=1S/C32H50O8/c1-19-9-13-26(23(5)30(36)38-7)27(25(19)14-11-21(3)34)17-40-32(18-33)28(16-12-22(4)35)20(2)10-15-29(32)24(6)31(37)39-8/h17-20,23-26,28-29H,9-16H2,1-8H3/b27-17+/t19-,20-,23+,24?,25+,26+,28+,29+,32+/m1/s1. The lowest BCUT2D eigenvalue weighted by molar-refractivity contribution is -0.170. The Balaban J connectivity index is 2.67. The highest BCUT2D eigenvalue weighted by atomic mass is 16.5. The maximum absolute atomic E-state index is 13.2. The third-order valence-electron chi connectivity index (χ3n) is 9.81. The molecule has 226 valence electrons. The number of aldehydes is 1. The smallest absolute Gasteiger partial charge is 0.308 e. The van der Waals surface area contributed by atoms with Crippen LogP contribution in [0.2, 0.25) is 0 Å². The van der Waals surface area contributed by atoms with E-state index < -0.39 is 29.3 Å². The highest BCUT2D eigenvalue weighted by Gasteiger charge is 2.55. The monoisotopic (exact) mass is 562 g/mol. The van der Waals surface area contributed by atoms with Crippen LogP contribution in [0.1, 0.15) is 92.9 Å². The number of carbonyl (C=O) groups excluding carboxylic acids is 5. The summed E-state index contributed by atoms with van der Waals surface area (Å²) in [5, 5.41) is 0. The number of carbonyl (C=O) groups is 5. The van der Waals surface area contributed by atoms with Gasteiger partial charge in [-0.05, 0) is 81.6 Å². The Morgan fingerprint density at radius 2 is 1.40 bits per heavy atom. The first-order valence-electron chi connectivity index (χ1n) is 14.8. The molecular weight excluding hydrogens is 512 g/mol. The molecule has 8 heteroatoms. The first kappa shape index (κ1) is 33.7. The molecule has 2 fully saturated rings. The molecule has 0 aromatic heterocycles. The molecule has 0 radical (unpaired) electrons. The fourth-order valence-electron chi connectivity index (χ4n) is 7.28. The number of methoxy groups -OCH3 is 2. The first-order chi connectivity index (χ1) is 18.8. The van der Waals surface area contributed by atoms with Crippen molar-refractivity contribution in [2.75, 3.05) is 14.2 Å². The number of ketones is 2. The molecule has 0 heterocycles. The van der Waals surface area contributed by atoms with E-state index in [1.54, 1.807) is 20.1 Å². The van der Waals surface area contributed by atoms with Gasteiger partial charge < -0.3 is 23.8 Å². The van der Waals surface area contributed by atoms with Crippen LogP contribution in [0.5, 0.6) is 0 Å². The summed E-state index contributed by atoms with van der Waals surface area (Å²) in [7, 11) is 2.71. The maximum atomic E-state index is 13.2. The zero-order valence-corrected chi connectivity index (χ0v) is 25.7. The van der Waals surface area contributed by atoms with Gasteiger partial charge in [-0.15, -0.1) is 0 Å². The van der Waals surface area contributed by atoms with Gasteiger partial charge in [0.15, 0.2) is 11.9 Å². The van der Waals surface area contributed by atoms with Crippen molar-refractivity contribution in [3.05, 3.63) is 11.8 Å². The van der Waals surface area contributed by atoms with Crippen molar-refractivity contribution < 1.29 is 38.2 Å². The van der Waals surface area contributed by atoms with Gasteiger partial charge in [-0.25, -0.2) is 0 Å². The number of hydrogen-bond acceptors (Lipinski definition) is 8. The average Bonchev–Trinajstić information content (AvgIpc) is 2.92. The van der Waals surface area contributed by atoms with E-state index in [2.05, 4.69) is 13.8 Å². The molecule has 0 aromatic rings. The van der Waals surface area contributed by atoms with Gasteiger partial charge >= 0.3 is 11.9 Å². The third-order valence-corrected chi connectivity index (χ3v) is 9.81. The minimum atomic E-state index is -1.35. The number of hydrogen-bond donors (Lipinski definition) is 0. The van der Waals surface area contributed by atoms with Crippen molar-refractivity contribution in [2.45, 2.75) is 98.5 Å². The van der Waals surface area contributed by atoms with Crippen LogP contribution in [0.4, 0.5) is 0 Å². The SMILES string of the molecule is COC(=O)C(C)[C@@H]1CC[C@@H](C)[C@H](CCC(C)=O)[C@]1(C=O)O/C=C1\[C@@H](CCC(C)=O)[C@H](C)CC[C@H]1[C@H](C)C(=O)OC. The number of Topliss-reactive ketones (excluding diaryl/α,β-unsaturated/α-hetero) is 2. The van der Waals surface area contributed by atoms with Crippen LogP contribution in [0.25, 0.3) is 0 Å². The second-order valence-electron chi connectivity index (χ2n) is 12.3. The quantitative estimate of drug-likeness (QED) is 0.164. The molecule has 1 unspecified atom stereocenters. The van der Waals surface area contributed by atoms with Crippen LogP contribution in [-0.4, -0.2) is 49.6 Å². The largest absolute Gasteiger partial charge is 0.487 e. The zero-order chi connectivity index (χ0) is 30.2. The van der Waals surface area contributed by atoms with Gasteiger partial charge in [0.05, 0.1) is 32.3 Å². The van der Waals surface area contributed by atoms with Gasteiger partial charge in [-0.2, -0.15) is 0 Å². The molecule has 2 aliphatic carbocycles. The van der Waals surface area contributed by atoms with Crippen molar-refractivity contribution in [1.82, 2.24) is 0 Å². The molecule has 0 amide bonds. The summed E-state index contributed by atoms with van der Waals surface area (Å²) < 4.78 is 16.8. The molecule has 0 aromatic carbocycles. The Kier molecular flexibility index (Phi) is 12.6. The van der Waals surface area contributed by atoms with Crippen LogP contribution >= 0.6 is 0 Å². The Morgan fingerprint density at radius 3 is 1.95 bits per heavy atom. The molecule has 0 aliphatic heterocycles. The van der Waals surface area contributed by atoms with E-state index >= 15 is 0 Å². The fourth-order valence-corrected chi connectivity index (χ4v) is 7.28. The average molecular weight is 563 g/mol. The first-order valence-corrected chi connectivity index (χ1v) is 14.8. The number of esters is 2. The fraction of sp³-hybridized carbons (Fsp3) is 0.781. The van der Waals surface area contributed by atoms with Crippen LogP contribution in [0.15, 0.2) is 11.8 Å². The summed E-state index contributed by atoms with van der Waals surface area (Å²) in [5.41, 5.74) is -0.439. The lowest BCUT2D eigenvalue weighted by Gasteiger charge is -2.50. The van der Waals surface area contributed by atoms with Crippen LogP contribution in [0.3, 0.4) is 0 Å². The molecule has 2 aliphatic rings. The van der Waals surface area contributed by atoms with Crippen molar-refractivity contribution in [2.24, 2.45) is 47.3 Å². The molecule has 2 rings (SSSR count). The second-order valence-corrected chi connectivity index (χ2v) is 12.3. The normalized spacial score (nSPS) is 33.0. The second kappa shape index (κ2) is 14.9. The van der Waals surface area contributed by atoms with E-state index in [1.807, 2.05) is 6.92 Å². The molecule has 0 saturated heterocycles. The summed E-state index contributed by atoms with van der Waals surface area (Å²) in [6, 6.07) is 0. The van der Waals surface area contributed by atoms with Crippen LogP contribution in [-0.2, 0) is 38.2 Å². The van der Waals surface area contributed by atoms with Gasteiger partial charge in [0.1, 0.15) is 11.6 Å². The number of rotatable bonds is 13. The van der Waals surface area contributed by atoms with E-state index in [-0.39, 0.29) is 47.1 Å². The topological polar surface area (TPSA) is 113 Å². The minimum Gasteiger partial charge on any atom is -0.487 e. The van der Waals surface area contributed by atoms with E-state index in [9.17, 15) is 24.0 Å². The zero-order valence-electron chi connectivity index (χ0n) is 25.7. The molecule has 9 atom stereocenters. The van der Waals surface area contributed by atoms with Gasteiger partial charge in [0, 0.05) is 24.7 Å². The van der Waals surface area contributed by atoms with Crippen LogP contribution in [0, 0.1) is 47.3 Å². The van der Waals surface area contributed by atoms with Crippen molar-refractivity contribution >= 4 is 29.8 Å². The van der Waals surface area contributed by atoms with E-state index in [1.165, 1.54) is 21.1 Å². The van der Waals surface area contributed by atoms with E-state index in [0.717, 1.165) is 31.1 Å². The van der Waals surface area contributed by atoms with Gasteiger partial charge in [-0.1, -0.05) is 27.7 Å². The molecule has 0 N–H and O–H groups in total. The molecule has 2 saturated carbocycles. The summed E-state index contributed by atoms with van der Waals surface area (Å²) in [6.07, 6.45) is 7.36. The van der Waals surface area contributed by atoms with Crippen molar-refractivity contribution in [3.8, 4) is 0 Å². The summed E-state index contributed by atoms with van der Waals surface area (Å²) >= 11 is 0. The molecular formula is C32H50O8. The predicted molar refractivity (Wildman–Crippen MR) is 151 cm³/mol. The Bertz CT molecular complexity index is 955. The molecule has 0 bridgehead atoms. The number of allylic oxidation sites excluding steroid dienone is 1. The lowest BCUT2D eigenvalue weighted by atomic mass is 9.59. The van der Waals surface area contributed by atoms with Gasteiger partial charge in [-0.3, -0.25) is 14.4 Å². The molecule has 0 spiro atoms. The summed E-state index contributed by atoms with van der Waals surface area (Å²) in [5.74, 6) is -2.18. The van der Waals surface area contributed by atoms with E-state index in [0.29, 0.717) is 32.1 Å². The van der Waals surface area contributed by atoms with E-state index in [4.69, 9.17) is 14.2 Å². The predicted octanol–water partition coefficient (Wildman–Crippen LogP) is 5.51. The highest BCUT2D eigenvalue weighted by Crippen LogP contribution is 2.50. The Hall–Kier alpha value is -2.51. The Morgan fingerprint density at radius 1 is 0.850 bits per heavy atom. The summed E-state index contributed by atoms with van der Waals surface area (Å²) in [6.45, 7) is 10.9. The molecule has 40 heavy (non-hydrogen) atoms. The lowest BCUT2D eigenvalue weighted by Crippen LogP contribution is -2.56. The van der Waals surface area contributed by atoms with Gasteiger partial charge in [0.25, 0.3) is 0 Å². The van der Waals surface area contributed by atoms with Crippen molar-refractivity contribution in [3.63, 3.8) is 0 Å².